The van der Waals surface area contributed by atoms with E-state index in [0.29, 0.717) is 0 Å². The number of carbonyl (C=O) groups excluding carboxylic acids is 1. The van der Waals surface area contributed by atoms with Crippen LogP contribution in [0.25, 0.3) is 11.1 Å². The smallest absolute Gasteiger partial charge is 0.262 e. The Morgan fingerprint density at radius 2 is 1.61 bits per heavy atom. The van der Waals surface area contributed by atoms with Crippen molar-refractivity contribution in [3.05, 3.63) is 54.6 Å². The van der Waals surface area contributed by atoms with Crippen molar-refractivity contribution in [2.24, 2.45) is 5.73 Å². The summed E-state index contributed by atoms with van der Waals surface area (Å²) < 4.78 is 26.6. The van der Waals surface area contributed by atoms with Crippen LogP contribution in [0.15, 0.2) is 59.5 Å². The zero-order valence-electron chi connectivity index (χ0n) is 12.1. The van der Waals surface area contributed by atoms with Crippen molar-refractivity contribution in [2.75, 3.05) is 6.54 Å². The lowest BCUT2D eigenvalue weighted by atomic mass is 10.1. The van der Waals surface area contributed by atoms with Crippen molar-refractivity contribution in [3.8, 4) is 11.1 Å². The van der Waals surface area contributed by atoms with Gasteiger partial charge in [-0.1, -0.05) is 42.5 Å². The summed E-state index contributed by atoms with van der Waals surface area (Å²) in [6.45, 7) is -0.284. The molecule has 0 fully saturated rings. The van der Waals surface area contributed by atoms with E-state index in [0.717, 1.165) is 11.1 Å². The number of rotatable bonds is 6. The highest BCUT2D eigenvalue weighted by Gasteiger charge is 2.24. The van der Waals surface area contributed by atoms with E-state index in [1.165, 1.54) is 17.6 Å². The minimum absolute atomic E-state index is 0.00127. The molecule has 0 saturated heterocycles. The molecule has 0 spiro atoms. The first-order chi connectivity index (χ1) is 11.0. The van der Waals surface area contributed by atoms with Crippen LogP contribution in [-0.2, 0) is 14.8 Å². The van der Waals surface area contributed by atoms with Crippen molar-refractivity contribution in [1.29, 1.82) is 0 Å². The predicted molar refractivity (Wildman–Crippen MR) is 85.0 cm³/mol. The van der Waals surface area contributed by atoms with Gasteiger partial charge in [-0.05, 0) is 23.3 Å². The monoisotopic (exact) mass is 335 g/mol. The maximum absolute atomic E-state index is 12.2. The minimum atomic E-state index is -3.93. The van der Waals surface area contributed by atoms with Gasteiger partial charge in [0.2, 0.25) is 10.0 Å². The molecule has 0 heterocycles. The molecule has 5 N–H and O–H groups in total. The van der Waals surface area contributed by atoms with E-state index in [-0.39, 0.29) is 11.4 Å². The van der Waals surface area contributed by atoms with Crippen molar-refractivity contribution in [1.82, 2.24) is 10.2 Å². The van der Waals surface area contributed by atoms with Gasteiger partial charge < -0.3 is 5.73 Å². The second-order valence-electron chi connectivity index (χ2n) is 4.78. The summed E-state index contributed by atoms with van der Waals surface area (Å²) in [7, 11) is -3.93. The average Bonchev–Trinajstić information content (AvgIpc) is 2.60. The first kappa shape index (κ1) is 17.1. The molecule has 0 aromatic heterocycles. The van der Waals surface area contributed by atoms with Crippen LogP contribution in [-0.4, -0.2) is 32.1 Å². The summed E-state index contributed by atoms with van der Waals surface area (Å²) in [6.07, 6.45) is 0. The van der Waals surface area contributed by atoms with Crippen LogP contribution in [0.4, 0.5) is 0 Å². The molecular formula is C15H17N3O4S. The fraction of sp³-hybridized carbons (Fsp3) is 0.133. The quantitative estimate of drug-likeness (QED) is 0.451. The Morgan fingerprint density at radius 1 is 1.04 bits per heavy atom. The highest BCUT2D eigenvalue weighted by atomic mass is 32.2. The van der Waals surface area contributed by atoms with Crippen molar-refractivity contribution in [2.45, 2.75) is 10.9 Å². The Hall–Kier alpha value is -2.26. The molecule has 1 atom stereocenters. The Kier molecular flexibility index (Phi) is 5.45. The van der Waals surface area contributed by atoms with Gasteiger partial charge in [0.1, 0.15) is 6.04 Å². The lowest BCUT2D eigenvalue weighted by molar-refractivity contribution is -0.130. The first-order valence-corrected chi connectivity index (χ1v) is 8.28. The van der Waals surface area contributed by atoms with Crippen LogP contribution >= 0.6 is 0 Å². The Balaban J connectivity index is 2.22. The molecule has 1 amide bonds. The zero-order chi connectivity index (χ0) is 16.9. The second-order valence-corrected chi connectivity index (χ2v) is 6.49. The van der Waals surface area contributed by atoms with E-state index < -0.39 is 22.0 Å². The van der Waals surface area contributed by atoms with Gasteiger partial charge in [0.05, 0.1) is 4.90 Å². The molecule has 8 heteroatoms. The van der Waals surface area contributed by atoms with Crippen LogP contribution in [0.1, 0.15) is 0 Å². The molecule has 0 aliphatic rings. The number of benzene rings is 2. The number of hydrogen-bond donors (Lipinski definition) is 4. The fourth-order valence-corrected chi connectivity index (χ4v) is 3.21. The summed E-state index contributed by atoms with van der Waals surface area (Å²) in [4.78, 5) is 11.3. The molecule has 2 rings (SSSR count). The normalized spacial score (nSPS) is 12.6. The average molecular weight is 335 g/mol. The third-order valence-corrected chi connectivity index (χ3v) is 4.72. The van der Waals surface area contributed by atoms with Crippen molar-refractivity contribution < 1.29 is 18.4 Å². The zero-order valence-corrected chi connectivity index (χ0v) is 13.0. The van der Waals surface area contributed by atoms with E-state index in [2.05, 4.69) is 4.72 Å². The Labute approximate surface area is 134 Å². The number of amides is 1. The molecule has 2 aromatic carbocycles. The molecule has 122 valence electrons. The van der Waals surface area contributed by atoms with Gasteiger partial charge in [0, 0.05) is 6.54 Å². The highest BCUT2D eigenvalue weighted by molar-refractivity contribution is 7.89. The van der Waals surface area contributed by atoms with Gasteiger partial charge in [-0.2, -0.15) is 4.72 Å². The summed E-state index contributed by atoms with van der Waals surface area (Å²) in [6, 6.07) is 14.5. The van der Waals surface area contributed by atoms with Gasteiger partial charge in [0.25, 0.3) is 5.91 Å². The molecule has 2 aromatic rings. The van der Waals surface area contributed by atoms with Gasteiger partial charge in [0.15, 0.2) is 0 Å². The molecule has 0 radical (unpaired) electrons. The maximum Gasteiger partial charge on any atom is 0.262 e. The molecule has 0 aliphatic carbocycles. The molecule has 0 aliphatic heterocycles. The van der Waals surface area contributed by atoms with Gasteiger partial charge >= 0.3 is 0 Å². The number of sulfonamides is 1. The Morgan fingerprint density at radius 3 is 2.13 bits per heavy atom. The first-order valence-electron chi connectivity index (χ1n) is 6.80. The van der Waals surface area contributed by atoms with Crippen LogP contribution in [0.2, 0.25) is 0 Å². The van der Waals surface area contributed by atoms with Crippen molar-refractivity contribution in [3.63, 3.8) is 0 Å². The van der Waals surface area contributed by atoms with Gasteiger partial charge in [-0.25, -0.2) is 13.9 Å². The number of carbonyl (C=O) groups is 1. The van der Waals surface area contributed by atoms with Crippen LogP contribution in [0.3, 0.4) is 0 Å². The molecule has 0 bridgehead atoms. The number of hydrogen-bond acceptors (Lipinski definition) is 5. The van der Waals surface area contributed by atoms with E-state index >= 15 is 0 Å². The van der Waals surface area contributed by atoms with Crippen molar-refractivity contribution >= 4 is 15.9 Å². The molecular weight excluding hydrogens is 318 g/mol. The topological polar surface area (TPSA) is 122 Å². The van der Waals surface area contributed by atoms with Crippen LogP contribution in [0, 0.1) is 0 Å². The second kappa shape index (κ2) is 7.34. The van der Waals surface area contributed by atoms with E-state index in [1.54, 1.807) is 12.1 Å². The largest absolute Gasteiger partial charge is 0.328 e. The summed E-state index contributed by atoms with van der Waals surface area (Å²) in [5.74, 6) is -0.919. The standard InChI is InChI=1S/C15H17N3O4S/c16-10-14(15(19)17-20)18-23(21,22)13-8-6-12(7-9-13)11-4-2-1-3-5-11/h1-9,14,18,20H,10,16H2,(H,17,19). The van der Waals surface area contributed by atoms with Crippen LogP contribution < -0.4 is 15.9 Å². The lowest BCUT2D eigenvalue weighted by Gasteiger charge is -2.15. The number of nitrogens with two attached hydrogens (primary N) is 1. The molecule has 7 nitrogen and oxygen atoms in total. The minimum Gasteiger partial charge on any atom is -0.328 e. The van der Waals surface area contributed by atoms with E-state index in [4.69, 9.17) is 10.9 Å². The summed E-state index contributed by atoms with van der Waals surface area (Å²) in [5, 5.41) is 8.58. The van der Waals surface area contributed by atoms with Gasteiger partial charge in [-0.15, -0.1) is 0 Å². The third kappa shape index (κ3) is 4.14. The predicted octanol–water partition coefficient (Wildman–Crippen LogP) is 0.465. The molecule has 1 unspecified atom stereocenters. The maximum atomic E-state index is 12.2. The third-order valence-electron chi connectivity index (χ3n) is 3.23. The fourth-order valence-electron chi connectivity index (χ4n) is 2.00. The van der Waals surface area contributed by atoms with Crippen LogP contribution in [0.5, 0.6) is 0 Å². The molecule has 0 saturated carbocycles. The summed E-state index contributed by atoms with van der Waals surface area (Å²) in [5.41, 5.74) is 8.54. The SMILES string of the molecule is NCC(NS(=O)(=O)c1ccc(-c2ccccc2)cc1)C(=O)NO. The number of nitrogens with one attached hydrogen (secondary N) is 2. The van der Waals surface area contributed by atoms with E-state index in [1.807, 2.05) is 30.3 Å². The van der Waals surface area contributed by atoms with E-state index in [9.17, 15) is 13.2 Å². The lowest BCUT2D eigenvalue weighted by Crippen LogP contribution is -2.49. The van der Waals surface area contributed by atoms with Gasteiger partial charge in [-0.3, -0.25) is 10.0 Å². The molecule has 23 heavy (non-hydrogen) atoms. The Bertz CT molecular complexity index is 761. The number of hydroxylamine groups is 1. The summed E-state index contributed by atoms with van der Waals surface area (Å²) >= 11 is 0. The highest BCUT2D eigenvalue weighted by Crippen LogP contribution is 2.21.